The molecule has 0 unspecified atom stereocenters. The van der Waals surface area contributed by atoms with Crippen molar-refractivity contribution in [2.45, 2.75) is 70.5 Å². The molecular formula is C33H43O9P. The molecule has 0 aliphatic carbocycles. The van der Waals surface area contributed by atoms with Crippen LogP contribution in [0.3, 0.4) is 0 Å². The molecule has 1 aliphatic heterocycles. The molecule has 0 amide bonds. The van der Waals surface area contributed by atoms with Crippen molar-refractivity contribution in [3.05, 3.63) is 108 Å². The molecule has 0 aromatic heterocycles. The van der Waals surface area contributed by atoms with Crippen LogP contribution in [0.15, 0.2) is 91.0 Å². The molecule has 0 bridgehead atoms. The maximum absolute atomic E-state index is 13.4. The Hall–Kier alpha value is -2.43. The van der Waals surface area contributed by atoms with E-state index >= 15 is 0 Å². The van der Waals surface area contributed by atoms with Crippen molar-refractivity contribution in [2.75, 3.05) is 26.5 Å². The first-order valence-electron chi connectivity index (χ1n) is 14.7. The lowest BCUT2D eigenvalue weighted by molar-refractivity contribution is -0.328. The van der Waals surface area contributed by atoms with E-state index in [0.29, 0.717) is 0 Å². The van der Waals surface area contributed by atoms with E-state index in [2.05, 4.69) is 0 Å². The topological polar surface area (TPSA) is 102 Å². The summed E-state index contributed by atoms with van der Waals surface area (Å²) in [6, 6.07) is 29.2. The molecule has 3 aromatic rings. The van der Waals surface area contributed by atoms with Crippen LogP contribution in [-0.2, 0) is 57.1 Å². The van der Waals surface area contributed by atoms with Gasteiger partial charge in [0, 0.05) is 7.11 Å². The molecule has 3 aromatic carbocycles. The minimum Gasteiger partial charge on any atom is -0.390 e. The zero-order valence-electron chi connectivity index (χ0n) is 25.0. The molecule has 9 nitrogen and oxygen atoms in total. The number of aliphatic hydroxyl groups excluding tert-OH is 1. The van der Waals surface area contributed by atoms with Gasteiger partial charge in [-0.05, 0) is 30.5 Å². The minimum absolute atomic E-state index is 0.169. The predicted octanol–water partition coefficient (Wildman–Crippen LogP) is 5.74. The molecule has 1 heterocycles. The standard InChI is InChI=1S/C33H43O9P/c1-4-40-43(35,41-5-2)24-28(34)29-30(37-21-25-15-9-6-10-16-25)31(38-22-26-17-11-7-12-18-26)32(33(36-3)42-29)39-23-27-19-13-8-14-20-27/h6-20,28-34H,4-5,21-24H2,1-3H3/t28-,29-,30-,31+,32+,33+/m1/s1. The Kier molecular flexibility index (Phi) is 13.4. The summed E-state index contributed by atoms with van der Waals surface area (Å²) in [6.07, 6.45) is -5.78. The van der Waals surface area contributed by atoms with Crippen LogP contribution in [0, 0.1) is 0 Å². The molecule has 43 heavy (non-hydrogen) atoms. The number of methoxy groups -OCH3 is 1. The molecule has 1 saturated heterocycles. The van der Waals surface area contributed by atoms with Crippen molar-refractivity contribution in [1.29, 1.82) is 0 Å². The molecule has 1 N–H and O–H groups in total. The van der Waals surface area contributed by atoms with E-state index in [0.717, 1.165) is 16.7 Å². The highest BCUT2D eigenvalue weighted by atomic mass is 31.2. The summed E-state index contributed by atoms with van der Waals surface area (Å²) < 4.78 is 56.0. The summed E-state index contributed by atoms with van der Waals surface area (Å²) in [5, 5.41) is 11.6. The lowest BCUT2D eigenvalue weighted by Gasteiger charge is -2.47. The fourth-order valence-corrected chi connectivity index (χ4v) is 6.80. The number of hydrogen-bond acceptors (Lipinski definition) is 9. The number of rotatable bonds is 17. The Morgan fingerprint density at radius 2 is 1.12 bits per heavy atom. The number of benzene rings is 3. The molecule has 0 spiro atoms. The normalized spacial score (nSPS) is 23.2. The largest absolute Gasteiger partial charge is 0.390 e. The Bertz CT molecular complexity index is 1220. The highest BCUT2D eigenvalue weighted by molar-refractivity contribution is 7.53. The second-order valence-electron chi connectivity index (χ2n) is 10.2. The molecule has 4 rings (SSSR count). The summed E-state index contributed by atoms with van der Waals surface area (Å²) in [5.74, 6) is 0. The Balaban J connectivity index is 1.66. The third kappa shape index (κ3) is 9.78. The SMILES string of the molecule is CCOP(=O)(C[C@@H](O)[C@H]1O[C@H](OC)[C@@H](OCc2ccccc2)[C@@H](OCc2ccccc2)[C@@H]1OCc1ccccc1)OCC. The van der Waals surface area contributed by atoms with Gasteiger partial charge in [0.2, 0.25) is 0 Å². The minimum atomic E-state index is -3.62. The Morgan fingerprint density at radius 1 is 0.698 bits per heavy atom. The van der Waals surface area contributed by atoms with Gasteiger partial charge in [0.05, 0.1) is 45.3 Å². The second kappa shape index (κ2) is 17.2. The zero-order chi connectivity index (χ0) is 30.5. The zero-order valence-corrected chi connectivity index (χ0v) is 25.9. The number of hydrogen-bond donors (Lipinski definition) is 1. The molecule has 10 heteroatoms. The molecule has 1 aliphatic rings. The van der Waals surface area contributed by atoms with E-state index in [1.807, 2.05) is 91.0 Å². The van der Waals surface area contributed by atoms with Gasteiger partial charge in [0.25, 0.3) is 0 Å². The average Bonchev–Trinajstić information content (AvgIpc) is 3.03. The fraction of sp³-hybridized carbons (Fsp3) is 0.455. The Morgan fingerprint density at radius 3 is 1.53 bits per heavy atom. The van der Waals surface area contributed by atoms with Gasteiger partial charge in [0.15, 0.2) is 6.29 Å². The molecule has 0 saturated carbocycles. The van der Waals surface area contributed by atoms with E-state index in [4.69, 9.17) is 32.7 Å². The van der Waals surface area contributed by atoms with Crippen LogP contribution in [0.2, 0.25) is 0 Å². The van der Waals surface area contributed by atoms with Gasteiger partial charge in [-0.25, -0.2) is 0 Å². The highest BCUT2D eigenvalue weighted by Crippen LogP contribution is 2.49. The number of ether oxygens (including phenoxy) is 5. The van der Waals surface area contributed by atoms with Gasteiger partial charge in [-0.2, -0.15) is 0 Å². The fourth-order valence-electron chi connectivity index (χ4n) is 5.06. The highest BCUT2D eigenvalue weighted by Gasteiger charge is 2.52. The lowest BCUT2D eigenvalue weighted by atomic mass is 9.94. The maximum Gasteiger partial charge on any atom is 0.333 e. The number of aliphatic hydroxyl groups is 1. The van der Waals surface area contributed by atoms with Gasteiger partial charge in [0.1, 0.15) is 24.4 Å². The quantitative estimate of drug-likeness (QED) is 0.191. The molecule has 6 atom stereocenters. The van der Waals surface area contributed by atoms with E-state index in [1.165, 1.54) is 7.11 Å². The Labute approximate surface area is 254 Å². The molecule has 0 radical (unpaired) electrons. The van der Waals surface area contributed by atoms with E-state index in [9.17, 15) is 9.67 Å². The van der Waals surface area contributed by atoms with Crippen LogP contribution in [0.4, 0.5) is 0 Å². The summed E-state index contributed by atoms with van der Waals surface area (Å²) in [7, 11) is -2.11. The summed E-state index contributed by atoms with van der Waals surface area (Å²) >= 11 is 0. The molecule has 1 fully saturated rings. The van der Waals surface area contributed by atoms with Gasteiger partial charge >= 0.3 is 7.60 Å². The van der Waals surface area contributed by atoms with Gasteiger partial charge in [-0.15, -0.1) is 0 Å². The molecular weight excluding hydrogens is 571 g/mol. The van der Waals surface area contributed by atoms with Crippen LogP contribution in [0.25, 0.3) is 0 Å². The van der Waals surface area contributed by atoms with Crippen LogP contribution in [-0.4, -0.2) is 68.4 Å². The first kappa shape index (κ1) is 33.5. The third-order valence-electron chi connectivity index (χ3n) is 7.06. The molecule has 234 valence electrons. The summed E-state index contributed by atoms with van der Waals surface area (Å²) in [5.41, 5.74) is 2.86. The van der Waals surface area contributed by atoms with Crippen molar-refractivity contribution >= 4 is 7.60 Å². The van der Waals surface area contributed by atoms with Crippen LogP contribution in [0.1, 0.15) is 30.5 Å². The van der Waals surface area contributed by atoms with Gasteiger partial charge < -0.3 is 37.8 Å². The third-order valence-corrected chi connectivity index (χ3v) is 9.19. The summed E-state index contributed by atoms with van der Waals surface area (Å²) in [4.78, 5) is 0. The monoisotopic (exact) mass is 614 g/mol. The average molecular weight is 615 g/mol. The van der Waals surface area contributed by atoms with Gasteiger partial charge in [-0.1, -0.05) is 91.0 Å². The van der Waals surface area contributed by atoms with E-state index < -0.39 is 44.4 Å². The lowest BCUT2D eigenvalue weighted by Crippen LogP contribution is -2.63. The van der Waals surface area contributed by atoms with Crippen molar-refractivity contribution < 1.29 is 42.4 Å². The van der Waals surface area contributed by atoms with Crippen LogP contribution >= 0.6 is 7.60 Å². The van der Waals surface area contributed by atoms with Crippen LogP contribution < -0.4 is 0 Å². The summed E-state index contributed by atoms with van der Waals surface area (Å²) in [6.45, 7) is 4.56. The predicted molar refractivity (Wildman–Crippen MR) is 162 cm³/mol. The van der Waals surface area contributed by atoms with Crippen molar-refractivity contribution in [3.63, 3.8) is 0 Å². The first-order valence-corrected chi connectivity index (χ1v) is 16.4. The van der Waals surface area contributed by atoms with Crippen molar-refractivity contribution in [1.82, 2.24) is 0 Å². The van der Waals surface area contributed by atoms with Gasteiger partial charge in [-0.3, -0.25) is 4.57 Å². The second-order valence-corrected chi connectivity index (χ2v) is 12.3. The van der Waals surface area contributed by atoms with E-state index in [-0.39, 0.29) is 39.2 Å². The van der Waals surface area contributed by atoms with Crippen molar-refractivity contribution in [2.24, 2.45) is 0 Å². The maximum atomic E-state index is 13.4. The van der Waals surface area contributed by atoms with Crippen molar-refractivity contribution in [3.8, 4) is 0 Å². The smallest absolute Gasteiger partial charge is 0.333 e. The van der Waals surface area contributed by atoms with E-state index in [1.54, 1.807) is 13.8 Å². The van der Waals surface area contributed by atoms with Crippen LogP contribution in [0.5, 0.6) is 0 Å². The first-order chi connectivity index (χ1) is 21.0.